The van der Waals surface area contributed by atoms with Gasteiger partial charge in [-0.05, 0) is 75.7 Å². The third-order valence-electron chi connectivity index (χ3n) is 5.25. The number of fused-ring (bicyclic) bond motifs is 1. The zero-order chi connectivity index (χ0) is 24.9. The number of rotatable bonds is 9. The number of benzene rings is 3. The van der Waals surface area contributed by atoms with Crippen LogP contribution in [-0.2, 0) is 0 Å². The van der Waals surface area contributed by atoms with Gasteiger partial charge in [-0.3, -0.25) is 4.79 Å². The number of hydrogen-bond acceptors (Lipinski definition) is 6. The molecule has 0 unspecified atom stereocenters. The summed E-state index contributed by atoms with van der Waals surface area (Å²) in [7, 11) is 0. The van der Waals surface area contributed by atoms with Gasteiger partial charge in [-0.25, -0.2) is 4.98 Å². The third-order valence-corrected chi connectivity index (χ3v) is 5.49. The van der Waals surface area contributed by atoms with E-state index in [1.165, 1.54) is 0 Å². The Labute approximate surface area is 209 Å². The second-order valence-electron chi connectivity index (χ2n) is 7.72. The summed E-state index contributed by atoms with van der Waals surface area (Å²) in [5.41, 5.74) is 3.95. The van der Waals surface area contributed by atoms with Gasteiger partial charge in [0.15, 0.2) is 17.1 Å². The Morgan fingerprint density at radius 3 is 2.29 bits per heavy atom. The van der Waals surface area contributed by atoms with Crippen molar-refractivity contribution in [1.29, 1.82) is 0 Å². The topological polar surface area (TPSA) is 82.8 Å². The maximum Gasteiger partial charge on any atom is 0.255 e. The number of carbonyl (C=O) groups is 1. The van der Waals surface area contributed by atoms with Crippen LogP contribution in [0.15, 0.2) is 52.9 Å². The Morgan fingerprint density at radius 1 is 0.943 bits per heavy atom. The number of oxazole rings is 1. The molecular weight excluding hydrogens is 468 g/mol. The summed E-state index contributed by atoms with van der Waals surface area (Å²) in [5.74, 6) is 1.54. The average Bonchev–Trinajstić information content (AvgIpc) is 3.25. The monoisotopic (exact) mass is 494 g/mol. The minimum absolute atomic E-state index is 0.306. The van der Waals surface area contributed by atoms with E-state index >= 15 is 0 Å². The molecule has 0 spiro atoms. The molecule has 0 aliphatic heterocycles. The normalized spacial score (nSPS) is 10.9. The average molecular weight is 495 g/mol. The Balaban J connectivity index is 1.66. The van der Waals surface area contributed by atoms with E-state index < -0.39 is 0 Å². The number of amides is 1. The summed E-state index contributed by atoms with van der Waals surface area (Å²) in [6, 6.07) is 14.2. The number of carbonyl (C=O) groups excluding carboxylic acids is 1. The van der Waals surface area contributed by atoms with E-state index in [-0.39, 0.29) is 5.91 Å². The van der Waals surface area contributed by atoms with Crippen LogP contribution in [-0.4, -0.2) is 30.7 Å². The van der Waals surface area contributed by atoms with Crippen LogP contribution in [0, 0.1) is 6.92 Å². The van der Waals surface area contributed by atoms with Crippen molar-refractivity contribution in [2.24, 2.45) is 0 Å². The molecule has 4 rings (SSSR count). The van der Waals surface area contributed by atoms with E-state index in [1.807, 2.05) is 45.9 Å². The molecule has 1 amide bonds. The minimum Gasteiger partial charge on any atom is -0.490 e. The molecule has 0 radical (unpaired) electrons. The van der Waals surface area contributed by atoms with Crippen molar-refractivity contribution in [3.63, 3.8) is 0 Å². The summed E-state index contributed by atoms with van der Waals surface area (Å²) >= 11 is 6.07. The van der Waals surface area contributed by atoms with E-state index in [0.717, 1.165) is 11.1 Å². The van der Waals surface area contributed by atoms with Crippen LogP contribution in [0.2, 0.25) is 5.02 Å². The number of nitrogens with one attached hydrogen (secondary N) is 1. The van der Waals surface area contributed by atoms with Gasteiger partial charge in [-0.1, -0.05) is 17.7 Å². The lowest BCUT2D eigenvalue weighted by Crippen LogP contribution is -2.14. The first kappa shape index (κ1) is 24.4. The van der Waals surface area contributed by atoms with Gasteiger partial charge in [0.2, 0.25) is 11.6 Å². The van der Waals surface area contributed by atoms with Crippen molar-refractivity contribution in [3.8, 4) is 28.7 Å². The Bertz CT molecular complexity index is 1340. The highest BCUT2D eigenvalue weighted by Gasteiger charge is 2.19. The van der Waals surface area contributed by atoms with Crippen LogP contribution in [0.3, 0.4) is 0 Å². The largest absolute Gasteiger partial charge is 0.490 e. The predicted molar refractivity (Wildman–Crippen MR) is 137 cm³/mol. The van der Waals surface area contributed by atoms with Crippen molar-refractivity contribution in [1.82, 2.24) is 4.98 Å². The van der Waals surface area contributed by atoms with E-state index in [1.54, 1.807) is 30.3 Å². The number of nitrogens with zero attached hydrogens (tertiary/aromatic N) is 1. The van der Waals surface area contributed by atoms with E-state index in [2.05, 4.69) is 10.3 Å². The van der Waals surface area contributed by atoms with E-state index in [4.69, 9.17) is 30.2 Å². The fourth-order valence-electron chi connectivity index (χ4n) is 3.63. The summed E-state index contributed by atoms with van der Waals surface area (Å²) in [6.45, 7) is 8.84. The maximum atomic E-state index is 13.3. The quantitative estimate of drug-likeness (QED) is 0.272. The van der Waals surface area contributed by atoms with Crippen LogP contribution in [0.25, 0.3) is 22.6 Å². The van der Waals surface area contributed by atoms with Crippen LogP contribution < -0.4 is 19.5 Å². The van der Waals surface area contributed by atoms with Crippen LogP contribution in [0.4, 0.5) is 5.69 Å². The third kappa shape index (κ3) is 5.35. The highest BCUT2D eigenvalue weighted by molar-refractivity contribution is 6.31. The fourth-order valence-corrected chi connectivity index (χ4v) is 3.79. The van der Waals surface area contributed by atoms with Gasteiger partial charge in [0.1, 0.15) is 5.52 Å². The second-order valence-corrected chi connectivity index (χ2v) is 8.15. The molecule has 0 saturated heterocycles. The van der Waals surface area contributed by atoms with Crippen molar-refractivity contribution >= 4 is 34.3 Å². The van der Waals surface area contributed by atoms with Crippen LogP contribution >= 0.6 is 11.6 Å². The maximum absolute atomic E-state index is 13.3. The second kappa shape index (κ2) is 10.7. The lowest BCUT2D eigenvalue weighted by molar-refractivity contribution is 0.102. The first-order valence-electron chi connectivity index (χ1n) is 11.5. The summed E-state index contributed by atoms with van der Waals surface area (Å²) < 4.78 is 23.1. The first-order valence-corrected chi connectivity index (χ1v) is 11.9. The Hall–Kier alpha value is -3.71. The summed E-state index contributed by atoms with van der Waals surface area (Å²) in [4.78, 5) is 17.8. The number of halogens is 1. The molecule has 182 valence electrons. The molecule has 35 heavy (non-hydrogen) atoms. The zero-order valence-corrected chi connectivity index (χ0v) is 20.9. The molecule has 1 heterocycles. The van der Waals surface area contributed by atoms with Gasteiger partial charge in [-0.15, -0.1) is 0 Å². The molecule has 1 N–H and O–H groups in total. The van der Waals surface area contributed by atoms with Gasteiger partial charge >= 0.3 is 0 Å². The van der Waals surface area contributed by atoms with Gasteiger partial charge < -0.3 is 23.9 Å². The molecule has 1 aromatic heterocycles. The Kier molecular flexibility index (Phi) is 7.46. The lowest BCUT2D eigenvalue weighted by atomic mass is 10.1. The number of ether oxygens (including phenoxy) is 3. The molecular formula is C27H27ClN2O5. The molecule has 4 aromatic rings. The number of aryl methyl sites for hydroxylation is 1. The zero-order valence-electron chi connectivity index (χ0n) is 20.1. The van der Waals surface area contributed by atoms with Gasteiger partial charge in [-0.2, -0.15) is 0 Å². The minimum atomic E-state index is -0.306. The number of aromatic nitrogens is 1. The highest BCUT2D eigenvalue weighted by Crippen LogP contribution is 2.39. The standard InChI is InChI=1S/C27H27ClN2O5/c1-5-32-23-13-18(14-24(33-6-2)25(23)34-7-3)26(31)29-20-12-17(9-8-16(20)4)27-30-21-15-19(28)10-11-22(21)35-27/h8-15H,5-7H2,1-4H3,(H,29,31). The fraction of sp³-hybridized carbons (Fsp3) is 0.259. The van der Waals surface area contributed by atoms with Gasteiger partial charge in [0, 0.05) is 21.8 Å². The van der Waals surface area contributed by atoms with E-state index in [9.17, 15) is 4.79 Å². The molecule has 8 heteroatoms. The molecule has 0 atom stereocenters. The molecule has 0 aliphatic rings. The van der Waals surface area contributed by atoms with Crippen molar-refractivity contribution in [3.05, 3.63) is 64.7 Å². The van der Waals surface area contributed by atoms with Crippen molar-refractivity contribution < 1.29 is 23.4 Å². The number of hydrogen-bond donors (Lipinski definition) is 1. The van der Waals surface area contributed by atoms with Gasteiger partial charge in [0.05, 0.1) is 19.8 Å². The number of anilines is 1. The molecule has 3 aromatic carbocycles. The van der Waals surface area contributed by atoms with E-state index in [0.29, 0.717) is 70.3 Å². The van der Waals surface area contributed by atoms with Crippen LogP contribution in [0.1, 0.15) is 36.7 Å². The SMILES string of the molecule is CCOc1cc(C(=O)Nc2cc(-c3nc4cc(Cl)ccc4o3)ccc2C)cc(OCC)c1OCC. The first-order chi connectivity index (χ1) is 16.9. The molecule has 0 saturated carbocycles. The lowest BCUT2D eigenvalue weighted by Gasteiger charge is -2.17. The molecule has 7 nitrogen and oxygen atoms in total. The summed E-state index contributed by atoms with van der Waals surface area (Å²) in [5, 5.41) is 3.57. The molecule has 0 bridgehead atoms. The van der Waals surface area contributed by atoms with Crippen molar-refractivity contribution in [2.75, 3.05) is 25.1 Å². The van der Waals surface area contributed by atoms with Gasteiger partial charge in [0.25, 0.3) is 5.91 Å². The highest BCUT2D eigenvalue weighted by atomic mass is 35.5. The van der Waals surface area contributed by atoms with Crippen molar-refractivity contribution in [2.45, 2.75) is 27.7 Å². The predicted octanol–water partition coefficient (Wildman–Crippen LogP) is 6.91. The smallest absolute Gasteiger partial charge is 0.255 e. The summed E-state index contributed by atoms with van der Waals surface area (Å²) in [6.07, 6.45) is 0. The Morgan fingerprint density at radius 2 is 1.63 bits per heavy atom. The molecule has 0 aliphatic carbocycles. The molecule has 0 fully saturated rings. The van der Waals surface area contributed by atoms with Crippen LogP contribution in [0.5, 0.6) is 17.2 Å².